The van der Waals surface area contributed by atoms with Crippen LogP contribution in [0, 0.1) is 10.1 Å². The lowest BCUT2D eigenvalue weighted by Crippen LogP contribution is -2.15. The van der Waals surface area contributed by atoms with Gasteiger partial charge in [0, 0.05) is 11.5 Å². The van der Waals surface area contributed by atoms with Gasteiger partial charge in [-0.1, -0.05) is 41.7 Å². The molecule has 0 unspecified atom stereocenters. The van der Waals surface area contributed by atoms with Gasteiger partial charge in [-0.15, -0.1) is 0 Å². The first-order chi connectivity index (χ1) is 15.0. The lowest BCUT2D eigenvalue weighted by Gasteiger charge is -2.14. The molecule has 0 atom stereocenters. The summed E-state index contributed by atoms with van der Waals surface area (Å²) in [7, 11) is 3.95. The van der Waals surface area contributed by atoms with Crippen LogP contribution in [-0.4, -0.2) is 37.1 Å². The highest BCUT2D eigenvalue weighted by Crippen LogP contribution is 2.46. The molecule has 31 heavy (non-hydrogen) atoms. The van der Waals surface area contributed by atoms with Gasteiger partial charge in [0.15, 0.2) is 10.9 Å². The normalized spacial score (nSPS) is 10.8. The van der Waals surface area contributed by atoms with E-state index in [0.717, 1.165) is 21.0 Å². The van der Waals surface area contributed by atoms with Crippen molar-refractivity contribution in [2.75, 3.05) is 26.6 Å². The highest BCUT2D eigenvalue weighted by Gasteiger charge is 2.32. The van der Waals surface area contributed by atoms with Crippen molar-refractivity contribution < 1.29 is 23.9 Å². The third kappa shape index (κ3) is 3.46. The Morgan fingerprint density at radius 3 is 2.48 bits per heavy atom. The first-order valence-corrected chi connectivity index (χ1v) is 9.87. The van der Waals surface area contributed by atoms with Crippen LogP contribution in [0.3, 0.4) is 0 Å². The molecule has 0 radical (unpaired) electrons. The smallest absolute Gasteiger partial charge is 0.327 e. The number of nitrogens with zero attached hydrogens (tertiary/aromatic N) is 2. The van der Waals surface area contributed by atoms with Gasteiger partial charge in [-0.05, 0) is 11.5 Å². The first-order valence-electron chi connectivity index (χ1n) is 9.05. The number of carbonyl (C=O) groups excluding carboxylic acids is 1. The molecular formula is C21H17N3O6S. The Balaban J connectivity index is 1.79. The number of hydrogen-bond acceptors (Lipinski definition) is 8. The third-order valence-electron chi connectivity index (χ3n) is 4.74. The molecule has 9 nitrogen and oxygen atoms in total. The van der Waals surface area contributed by atoms with E-state index in [1.807, 2.05) is 36.4 Å². The molecule has 1 amide bonds. The Hall–Kier alpha value is -3.92. The lowest BCUT2D eigenvalue weighted by molar-refractivity contribution is -0.386. The summed E-state index contributed by atoms with van der Waals surface area (Å²) >= 11 is 1.28. The Labute approximate surface area is 180 Å². The number of carbonyl (C=O) groups is 1. The summed E-state index contributed by atoms with van der Waals surface area (Å²) in [6, 6.07) is 12.9. The molecule has 0 saturated carbocycles. The van der Waals surface area contributed by atoms with E-state index in [1.54, 1.807) is 0 Å². The maximum Gasteiger partial charge on any atom is 0.327 e. The Bertz CT molecular complexity index is 1330. The molecule has 0 fully saturated rings. The van der Waals surface area contributed by atoms with Crippen LogP contribution in [0.4, 0.5) is 10.8 Å². The summed E-state index contributed by atoms with van der Waals surface area (Å²) in [6.45, 7) is 0. The zero-order chi connectivity index (χ0) is 22.1. The molecule has 1 N–H and O–H groups in total. The molecule has 10 heteroatoms. The minimum Gasteiger partial charge on any atom is -0.493 e. The number of nitro benzene ring substituents is 1. The number of hydrogen-bond donors (Lipinski definition) is 1. The number of anilines is 1. The number of ether oxygens (including phenoxy) is 3. The highest BCUT2D eigenvalue weighted by molar-refractivity contribution is 7.22. The van der Waals surface area contributed by atoms with Gasteiger partial charge in [-0.3, -0.25) is 20.2 Å². The van der Waals surface area contributed by atoms with Gasteiger partial charge in [-0.25, -0.2) is 4.98 Å². The number of thiazole rings is 1. The van der Waals surface area contributed by atoms with E-state index in [0.29, 0.717) is 5.13 Å². The minimum atomic E-state index is -0.714. The van der Waals surface area contributed by atoms with Crippen molar-refractivity contribution in [3.63, 3.8) is 0 Å². The monoisotopic (exact) mass is 439 g/mol. The fourth-order valence-corrected chi connectivity index (χ4v) is 4.25. The van der Waals surface area contributed by atoms with E-state index in [9.17, 15) is 14.9 Å². The summed E-state index contributed by atoms with van der Waals surface area (Å²) < 4.78 is 16.5. The van der Waals surface area contributed by atoms with Crippen LogP contribution in [0.15, 0.2) is 42.5 Å². The number of benzene rings is 3. The second-order valence-corrected chi connectivity index (χ2v) is 7.44. The Morgan fingerprint density at radius 1 is 1.06 bits per heavy atom. The van der Waals surface area contributed by atoms with Crippen LogP contribution in [0.5, 0.6) is 17.2 Å². The zero-order valence-electron chi connectivity index (χ0n) is 16.8. The molecule has 0 aliphatic carbocycles. The van der Waals surface area contributed by atoms with E-state index in [4.69, 9.17) is 14.2 Å². The fraction of sp³-hybridized carbons (Fsp3) is 0.143. The Kier molecular flexibility index (Phi) is 5.30. The number of aromatic nitrogens is 1. The summed E-state index contributed by atoms with van der Waals surface area (Å²) in [5.74, 6) is -0.758. The number of amides is 1. The Morgan fingerprint density at radius 2 is 1.81 bits per heavy atom. The van der Waals surface area contributed by atoms with Gasteiger partial charge in [-0.2, -0.15) is 0 Å². The van der Waals surface area contributed by atoms with Crippen molar-refractivity contribution in [1.29, 1.82) is 0 Å². The molecular weight excluding hydrogens is 422 g/mol. The number of fused-ring (bicyclic) bond motifs is 3. The molecule has 0 saturated heterocycles. The van der Waals surface area contributed by atoms with E-state index in [1.165, 1.54) is 38.7 Å². The van der Waals surface area contributed by atoms with Crippen LogP contribution in [0.1, 0.15) is 10.4 Å². The molecule has 0 aliphatic rings. The number of nitrogens with one attached hydrogen (secondary N) is 1. The number of rotatable bonds is 6. The fourth-order valence-electron chi connectivity index (χ4n) is 3.37. The second kappa shape index (κ2) is 8.07. The van der Waals surface area contributed by atoms with Crippen molar-refractivity contribution in [3.05, 3.63) is 58.1 Å². The van der Waals surface area contributed by atoms with E-state index >= 15 is 0 Å². The van der Waals surface area contributed by atoms with Gasteiger partial charge < -0.3 is 14.2 Å². The molecule has 3 aromatic carbocycles. The van der Waals surface area contributed by atoms with E-state index in [2.05, 4.69) is 10.3 Å². The maximum atomic E-state index is 13.0. The molecule has 0 bridgehead atoms. The molecule has 1 aromatic heterocycles. The first kappa shape index (κ1) is 20.4. The summed E-state index contributed by atoms with van der Waals surface area (Å²) in [4.78, 5) is 28.6. The van der Waals surface area contributed by atoms with Crippen molar-refractivity contribution >= 4 is 49.1 Å². The quantitative estimate of drug-likeness (QED) is 0.344. The largest absolute Gasteiger partial charge is 0.493 e. The molecule has 1 heterocycles. The van der Waals surface area contributed by atoms with Gasteiger partial charge in [0.25, 0.3) is 5.91 Å². The molecule has 4 rings (SSSR count). The van der Waals surface area contributed by atoms with Crippen molar-refractivity contribution in [3.8, 4) is 17.2 Å². The molecule has 0 spiro atoms. The average molecular weight is 439 g/mol. The van der Waals surface area contributed by atoms with Gasteiger partial charge in [0.05, 0.1) is 36.5 Å². The van der Waals surface area contributed by atoms with Crippen LogP contribution >= 0.6 is 11.3 Å². The highest BCUT2D eigenvalue weighted by atomic mass is 32.1. The summed E-state index contributed by atoms with van der Waals surface area (Å²) in [6.07, 6.45) is 0. The standard InChI is InChI=1S/C21H17N3O6S/c1-28-14-10-13(17(24(26)27)19(30-3)18(14)29-2)20(25)23-21-22-16-12-7-5-4-6-11(12)8-9-15(16)31-21/h4-10H,1-3H3,(H,22,23,25). The van der Waals surface area contributed by atoms with E-state index < -0.39 is 16.5 Å². The SMILES string of the molecule is COc1cc(C(=O)Nc2nc3c(ccc4ccccc43)s2)c([N+](=O)[O-])c(OC)c1OC. The molecule has 0 aliphatic heterocycles. The molecule has 158 valence electrons. The summed E-state index contributed by atoms with van der Waals surface area (Å²) in [5.41, 5.74) is -0.00869. The summed E-state index contributed by atoms with van der Waals surface area (Å²) in [5, 5.41) is 16.7. The van der Waals surface area contributed by atoms with Gasteiger partial charge in [0.2, 0.25) is 11.5 Å². The van der Waals surface area contributed by atoms with Gasteiger partial charge in [0.1, 0.15) is 5.56 Å². The number of nitro groups is 1. The maximum absolute atomic E-state index is 13.0. The minimum absolute atomic E-state index is 0.0275. The zero-order valence-corrected chi connectivity index (χ0v) is 17.6. The second-order valence-electron chi connectivity index (χ2n) is 6.41. The molecule has 4 aromatic rings. The van der Waals surface area contributed by atoms with Crippen LogP contribution in [0.25, 0.3) is 21.0 Å². The third-order valence-corrected chi connectivity index (χ3v) is 5.67. The van der Waals surface area contributed by atoms with Crippen molar-refractivity contribution in [2.24, 2.45) is 0 Å². The van der Waals surface area contributed by atoms with Crippen molar-refractivity contribution in [1.82, 2.24) is 4.98 Å². The van der Waals surface area contributed by atoms with Crippen molar-refractivity contribution in [2.45, 2.75) is 0 Å². The van der Waals surface area contributed by atoms with Crippen LogP contribution in [0.2, 0.25) is 0 Å². The van der Waals surface area contributed by atoms with E-state index in [-0.39, 0.29) is 22.8 Å². The van der Waals surface area contributed by atoms with Gasteiger partial charge >= 0.3 is 5.69 Å². The van der Waals surface area contributed by atoms with Crippen LogP contribution in [-0.2, 0) is 0 Å². The van der Waals surface area contributed by atoms with Crippen LogP contribution < -0.4 is 19.5 Å². The number of methoxy groups -OCH3 is 3. The predicted molar refractivity (Wildman–Crippen MR) is 118 cm³/mol. The average Bonchev–Trinajstić information content (AvgIpc) is 3.20. The topological polar surface area (TPSA) is 113 Å². The lowest BCUT2D eigenvalue weighted by atomic mass is 10.1. The predicted octanol–water partition coefficient (Wildman–Crippen LogP) is 4.64.